The molecule has 0 saturated heterocycles. The number of carboxylic acid groups (broad SMARTS) is 1. The van der Waals surface area contributed by atoms with Crippen LogP contribution in [0.4, 0.5) is 0 Å². The van der Waals surface area contributed by atoms with Crippen LogP contribution in [0.2, 0.25) is 0 Å². The van der Waals surface area contributed by atoms with E-state index in [-0.39, 0.29) is 17.5 Å². The monoisotopic (exact) mass is 402 g/mol. The van der Waals surface area contributed by atoms with E-state index in [1.54, 1.807) is 17.1 Å². The second kappa shape index (κ2) is 14.5. The van der Waals surface area contributed by atoms with Gasteiger partial charge in [0.25, 0.3) is 0 Å². The van der Waals surface area contributed by atoms with Crippen molar-refractivity contribution in [2.24, 2.45) is 0 Å². The van der Waals surface area contributed by atoms with Crippen molar-refractivity contribution < 1.29 is 14.7 Å². The number of carbonyl (C=O) groups is 2. The van der Waals surface area contributed by atoms with Gasteiger partial charge >= 0.3 is 5.97 Å². The molecule has 0 fully saturated rings. The number of nitrogens with one attached hydrogen (secondary N) is 2. The lowest BCUT2D eigenvalue weighted by Crippen LogP contribution is -2.46. The maximum atomic E-state index is 13.0. The van der Waals surface area contributed by atoms with Crippen LogP contribution in [0.1, 0.15) is 48.7 Å². The maximum absolute atomic E-state index is 13.0. The Kier molecular flexibility index (Phi) is 12.2. The maximum Gasteiger partial charge on any atom is 0.335 e. The Labute approximate surface area is 173 Å². The molecule has 0 spiro atoms. The van der Waals surface area contributed by atoms with Gasteiger partial charge in [0.15, 0.2) is 0 Å². The summed E-state index contributed by atoms with van der Waals surface area (Å²) in [5.74, 6) is -1.01. The van der Waals surface area contributed by atoms with Gasteiger partial charge in [-0.1, -0.05) is 25.5 Å². The summed E-state index contributed by atoms with van der Waals surface area (Å²) in [7, 11) is 0. The van der Waals surface area contributed by atoms with E-state index in [1.807, 2.05) is 0 Å². The average Bonchev–Trinajstić information content (AvgIpc) is 2.72. The lowest BCUT2D eigenvalue weighted by Gasteiger charge is -2.26. The number of aromatic nitrogens is 1. The quantitative estimate of drug-likeness (QED) is 0.291. The highest BCUT2D eigenvalue weighted by Gasteiger charge is 2.22. The highest BCUT2D eigenvalue weighted by molar-refractivity contribution is 5.87. The third-order valence-corrected chi connectivity index (χ3v) is 4.42. The van der Waals surface area contributed by atoms with Crippen LogP contribution in [0.25, 0.3) is 0 Å². The summed E-state index contributed by atoms with van der Waals surface area (Å²) < 4.78 is 0. The third kappa shape index (κ3) is 9.49. The topological polar surface area (TPSA) is 94.6 Å². The molecule has 7 nitrogen and oxygen atoms in total. The number of amides is 1. The number of pyridine rings is 1. The first-order chi connectivity index (χ1) is 14.0. The van der Waals surface area contributed by atoms with Crippen molar-refractivity contribution in [2.45, 2.75) is 45.2 Å². The van der Waals surface area contributed by atoms with E-state index in [0.717, 1.165) is 32.4 Å². The first-order valence-electron chi connectivity index (χ1n) is 10.2. The second-order valence-electron chi connectivity index (χ2n) is 6.84. The summed E-state index contributed by atoms with van der Waals surface area (Å²) in [4.78, 5) is 30.1. The van der Waals surface area contributed by atoms with Crippen LogP contribution < -0.4 is 10.6 Å². The molecule has 0 aliphatic carbocycles. The Hall–Kier alpha value is -2.51. The van der Waals surface area contributed by atoms with Crippen molar-refractivity contribution in [3.63, 3.8) is 0 Å². The lowest BCUT2D eigenvalue weighted by molar-refractivity contribution is -0.132. The van der Waals surface area contributed by atoms with Gasteiger partial charge in [0, 0.05) is 25.8 Å². The van der Waals surface area contributed by atoms with Gasteiger partial charge < -0.3 is 20.6 Å². The van der Waals surface area contributed by atoms with Crippen LogP contribution in [-0.4, -0.2) is 59.1 Å². The Morgan fingerprint density at radius 1 is 1.24 bits per heavy atom. The zero-order valence-corrected chi connectivity index (χ0v) is 17.4. The van der Waals surface area contributed by atoms with Gasteiger partial charge in [0.2, 0.25) is 5.91 Å². The number of aromatic carboxylic acids is 1. The minimum absolute atomic E-state index is 0.0132. The molecule has 1 atom stereocenters. The molecule has 0 saturated carbocycles. The first kappa shape index (κ1) is 24.5. The molecule has 0 aliphatic rings. The molecule has 0 radical (unpaired) electrons. The van der Waals surface area contributed by atoms with Crippen LogP contribution in [-0.2, 0) is 11.3 Å². The van der Waals surface area contributed by atoms with E-state index >= 15 is 0 Å². The second-order valence-corrected chi connectivity index (χ2v) is 6.84. The van der Waals surface area contributed by atoms with Gasteiger partial charge in [-0.3, -0.25) is 9.78 Å². The summed E-state index contributed by atoms with van der Waals surface area (Å²) in [5, 5.41) is 15.8. The molecule has 0 aromatic carbocycles. The molecule has 7 heteroatoms. The molecule has 1 unspecified atom stereocenters. The van der Waals surface area contributed by atoms with E-state index in [4.69, 9.17) is 5.11 Å². The molecule has 1 rings (SSSR count). The van der Waals surface area contributed by atoms with Gasteiger partial charge in [0.1, 0.15) is 0 Å². The van der Waals surface area contributed by atoms with Crippen molar-refractivity contribution >= 4 is 11.9 Å². The van der Waals surface area contributed by atoms with E-state index in [1.165, 1.54) is 18.3 Å². The Morgan fingerprint density at radius 3 is 2.59 bits per heavy atom. The fraction of sp³-hybridized carbons (Fsp3) is 0.500. The number of carboxylic acids is 1. The summed E-state index contributed by atoms with van der Waals surface area (Å²) >= 11 is 0. The van der Waals surface area contributed by atoms with Crippen LogP contribution in [0.5, 0.6) is 0 Å². The van der Waals surface area contributed by atoms with E-state index in [0.29, 0.717) is 31.7 Å². The minimum Gasteiger partial charge on any atom is -0.478 e. The molecule has 29 heavy (non-hydrogen) atoms. The highest BCUT2D eigenvalue weighted by Crippen LogP contribution is 2.08. The van der Waals surface area contributed by atoms with Gasteiger partial charge in [-0.2, -0.15) is 0 Å². The van der Waals surface area contributed by atoms with Crippen LogP contribution in [0.15, 0.2) is 43.6 Å². The predicted octanol–water partition coefficient (Wildman–Crippen LogP) is 2.61. The van der Waals surface area contributed by atoms with Gasteiger partial charge in [0.05, 0.1) is 17.3 Å². The fourth-order valence-corrected chi connectivity index (χ4v) is 2.94. The number of nitrogens with zero attached hydrogens (tertiary/aromatic N) is 2. The summed E-state index contributed by atoms with van der Waals surface area (Å²) in [5.41, 5.74) is 0.771. The largest absolute Gasteiger partial charge is 0.478 e. The van der Waals surface area contributed by atoms with Gasteiger partial charge in [-0.25, -0.2) is 4.79 Å². The van der Waals surface area contributed by atoms with Crippen LogP contribution in [0.3, 0.4) is 0 Å². The van der Waals surface area contributed by atoms with Gasteiger partial charge in [-0.15, -0.1) is 13.2 Å². The molecule has 160 valence electrons. The molecule has 0 aliphatic heterocycles. The predicted molar refractivity (Wildman–Crippen MR) is 116 cm³/mol. The lowest BCUT2D eigenvalue weighted by atomic mass is 10.1. The van der Waals surface area contributed by atoms with E-state index < -0.39 is 5.97 Å². The molecule has 0 bridgehead atoms. The molecule has 1 heterocycles. The van der Waals surface area contributed by atoms with Crippen LogP contribution in [0, 0.1) is 0 Å². The fourth-order valence-electron chi connectivity index (χ4n) is 2.94. The molecule has 1 aromatic rings. The Balaban J connectivity index is 2.75. The number of carbonyl (C=O) groups excluding carboxylic acids is 1. The standard InChI is InChI=1S/C22H34N4O3/c1-4-11-23-12-8-7-9-20(21(27)26(14-5-2)15-6-3)25-17-19-16-18(22(28)29)10-13-24-19/h5-6,10,13,16,20,23,25H,2-4,7-9,11-12,14-15,17H2,1H3,(H,28,29). The molecule has 3 N–H and O–H groups in total. The Bertz CT molecular complexity index is 653. The first-order valence-corrected chi connectivity index (χ1v) is 10.2. The highest BCUT2D eigenvalue weighted by atomic mass is 16.4. The third-order valence-electron chi connectivity index (χ3n) is 4.42. The zero-order chi connectivity index (χ0) is 21.5. The van der Waals surface area contributed by atoms with Crippen molar-refractivity contribution in [2.75, 3.05) is 26.2 Å². The van der Waals surface area contributed by atoms with Crippen molar-refractivity contribution in [3.8, 4) is 0 Å². The average molecular weight is 403 g/mol. The number of unbranched alkanes of at least 4 members (excludes halogenated alkanes) is 1. The van der Waals surface area contributed by atoms with E-state index in [2.05, 4.69) is 35.7 Å². The smallest absolute Gasteiger partial charge is 0.335 e. The normalized spacial score (nSPS) is 11.6. The number of hydrogen-bond acceptors (Lipinski definition) is 5. The molecular weight excluding hydrogens is 368 g/mol. The molecular formula is C22H34N4O3. The van der Waals surface area contributed by atoms with Crippen molar-refractivity contribution in [1.29, 1.82) is 0 Å². The summed E-state index contributed by atoms with van der Waals surface area (Å²) in [6, 6.07) is 2.60. The number of rotatable bonds is 16. The molecule has 1 aromatic heterocycles. The SMILES string of the molecule is C=CCN(CC=C)C(=O)C(CCCCNCCC)NCc1cc(C(=O)O)ccn1. The van der Waals surface area contributed by atoms with E-state index in [9.17, 15) is 9.59 Å². The summed E-state index contributed by atoms with van der Waals surface area (Å²) in [6.45, 7) is 12.7. The number of hydrogen-bond donors (Lipinski definition) is 3. The van der Waals surface area contributed by atoms with Crippen molar-refractivity contribution in [1.82, 2.24) is 20.5 Å². The zero-order valence-electron chi connectivity index (χ0n) is 17.4. The Morgan fingerprint density at radius 2 is 1.97 bits per heavy atom. The summed E-state index contributed by atoms with van der Waals surface area (Å²) in [6.07, 6.45) is 8.55. The van der Waals surface area contributed by atoms with Crippen LogP contribution >= 0.6 is 0 Å². The van der Waals surface area contributed by atoms with Gasteiger partial charge in [-0.05, 0) is 44.5 Å². The molecule has 1 amide bonds. The minimum atomic E-state index is -0.996. The van der Waals surface area contributed by atoms with Crippen molar-refractivity contribution in [3.05, 3.63) is 54.9 Å².